The normalized spacial score (nSPS) is 13.1. The zero-order valence-electron chi connectivity index (χ0n) is 20.4. The van der Waals surface area contributed by atoms with Crippen LogP contribution in [-0.4, -0.2) is 30.3 Å². The second kappa shape index (κ2) is 10.7. The van der Waals surface area contributed by atoms with Crippen molar-refractivity contribution in [3.8, 4) is 0 Å². The van der Waals surface area contributed by atoms with E-state index in [1.807, 2.05) is 6.92 Å². The molecule has 1 heterocycles. The van der Waals surface area contributed by atoms with Crippen LogP contribution in [0.3, 0.4) is 0 Å². The molecule has 0 bridgehead atoms. The van der Waals surface area contributed by atoms with Crippen LogP contribution in [0.15, 0.2) is 77.5 Å². The predicted octanol–water partition coefficient (Wildman–Crippen LogP) is 5.17. The molecule has 3 aromatic carbocycles. The second-order valence-electron chi connectivity index (χ2n) is 8.38. The van der Waals surface area contributed by atoms with Gasteiger partial charge in [0.1, 0.15) is 10.7 Å². The summed E-state index contributed by atoms with van der Waals surface area (Å²) in [6.07, 6.45) is 0. The van der Waals surface area contributed by atoms with Gasteiger partial charge in [0, 0.05) is 16.9 Å². The van der Waals surface area contributed by atoms with E-state index in [-0.39, 0.29) is 17.3 Å². The molecule has 4 rings (SSSR count). The number of benzene rings is 3. The fourth-order valence-electron chi connectivity index (χ4n) is 3.71. The minimum atomic E-state index is -0.633. The monoisotopic (exact) mass is 517 g/mol. The van der Waals surface area contributed by atoms with Crippen molar-refractivity contribution >= 4 is 52.4 Å². The van der Waals surface area contributed by atoms with E-state index in [0.29, 0.717) is 28.2 Å². The minimum Gasteiger partial charge on any atom is -0.462 e. The number of amides is 3. The average Bonchev–Trinajstić information content (AvgIpc) is 3.09. The number of nitrogens with one attached hydrogen (secondary N) is 2. The summed E-state index contributed by atoms with van der Waals surface area (Å²) in [5.41, 5.74) is 3.51. The third-order valence-electron chi connectivity index (χ3n) is 5.71. The van der Waals surface area contributed by atoms with Crippen molar-refractivity contribution in [2.75, 3.05) is 22.1 Å². The number of aryl methyl sites for hydroxylation is 2. The number of ether oxygens (including phenoxy) is 1. The van der Waals surface area contributed by atoms with Crippen LogP contribution in [0.5, 0.6) is 0 Å². The van der Waals surface area contributed by atoms with Crippen LogP contribution in [0.25, 0.3) is 0 Å². The summed E-state index contributed by atoms with van der Waals surface area (Å²) in [6, 6.07) is 18.2. The number of esters is 1. The highest BCUT2D eigenvalue weighted by atomic mass is 35.5. The van der Waals surface area contributed by atoms with Crippen LogP contribution >= 0.6 is 11.6 Å². The number of anilines is 3. The van der Waals surface area contributed by atoms with Crippen LogP contribution in [-0.2, 0) is 14.3 Å². The standard InChI is InChI=1S/C28H24ClN3O5/c1-4-37-28(36)19-6-5-7-20(14-19)30-25(33)18-11-10-17(3)22(15-18)31-24-23(29)26(34)32(27(24)35)21-12-8-16(2)9-13-21/h5-15,31H,4H2,1-3H3,(H,30,33). The van der Waals surface area contributed by atoms with Gasteiger partial charge in [-0.2, -0.15) is 0 Å². The Labute approximate surface area is 218 Å². The van der Waals surface area contributed by atoms with Gasteiger partial charge in [-0.25, -0.2) is 9.69 Å². The Balaban J connectivity index is 1.54. The maximum Gasteiger partial charge on any atom is 0.338 e. The highest BCUT2D eigenvalue weighted by molar-refractivity contribution is 6.53. The maximum atomic E-state index is 13.1. The summed E-state index contributed by atoms with van der Waals surface area (Å²) in [5, 5.41) is 5.45. The van der Waals surface area contributed by atoms with E-state index < -0.39 is 23.7 Å². The molecule has 0 aliphatic carbocycles. The zero-order chi connectivity index (χ0) is 26.7. The van der Waals surface area contributed by atoms with E-state index >= 15 is 0 Å². The Bertz CT molecular complexity index is 1450. The molecule has 8 nitrogen and oxygen atoms in total. The van der Waals surface area contributed by atoms with Gasteiger partial charge in [0.05, 0.1) is 17.9 Å². The van der Waals surface area contributed by atoms with Crippen molar-refractivity contribution in [3.05, 3.63) is 99.7 Å². The molecule has 3 amide bonds. The van der Waals surface area contributed by atoms with E-state index in [0.717, 1.165) is 16.0 Å². The summed E-state index contributed by atoms with van der Waals surface area (Å²) >= 11 is 6.26. The van der Waals surface area contributed by atoms with Gasteiger partial charge in [-0.3, -0.25) is 14.4 Å². The van der Waals surface area contributed by atoms with E-state index in [9.17, 15) is 19.2 Å². The lowest BCUT2D eigenvalue weighted by molar-refractivity contribution is -0.120. The Morgan fingerprint density at radius 3 is 2.35 bits per heavy atom. The lowest BCUT2D eigenvalue weighted by Crippen LogP contribution is -2.32. The van der Waals surface area contributed by atoms with E-state index in [1.54, 1.807) is 74.5 Å². The van der Waals surface area contributed by atoms with Gasteiger partial charge in [-0.15, -0.1) is 0 Å². The Kier molecular flexibility index (Phi) is 7.40. The van der Waals surface area contributed by atoms with Gasteiger partial charge in [0.2, 0.25) is 0 Å². The molecular formula is C28H24ClN3O5. The molecule has 0 fully saturated rings. The van der Waals surface area contributed by atoms with Crippen LogP contribution in [0, 0.1) is 13.8 Å². The molecule has 188 valence electrons. The van der Waals surface area contributed by atoms with Gasteiger partial charge in [-0.1, -0.05) is 41.4 Å². The SMILES string of the molecule is CCOC(=O)c1cccc(NC(=O)c2ccc(C)c(NC3=C(Cl)C(=O)N(c4ccc(C)cc4)C3=O)c2)c1. The van der Waals surface area contributed by atoms with E-state index in [4.69, 9.17) is 16.3 Å². The van der Waals surface area contributed by atoms with Crippen molar-refractivity contribution in [1.82, 2.24) is 0 Å². The highest BCUT2D eigenvalue weighted by Crippen LogP contribution is 2.31. The zero-order valence-corrected chi connectivity index (χ0v) is 21.2. The number of imide groups is 1. The lowest BCUT2D eigenvalue weighted by atomic mass is 10.1. The molecule has 1 aliphatic heterocycles. The lowest BCUT2D eigenvalue weighted by Gasteiger charge is -2.16. The van der Waals surface area contributed by atoms with Crippen molar-refractivity contribution in [2.24, 2.45) is 0 Å². The van der Waals surface area contributed by atoms with Gasteiger partial charge in [0.25, 0.3) is 17.7 Å². The molecule has 37 heavy (non-hydrogen) atoms. The molecule has 3 aromatic rings. The summed E-state index contributed by atoms with van der Waals surface area (Å²) in [5.74, 6) is -2.14. The molecule has 0 saturated carbocycles. The molecule has 0 spiro atoms. The number of carbonyl (C=O) groups excluding carboxylic acids is 4. The van der Waals surface area contributed by atoms with Crippen LogP contribution in [0.1, 0.15) is 38.8 Å². The summed E-state index contributed by atoms with van der Waals surface area (Å²) in [6.45, 7) is 5.65. The molecule has 0 radical (unpaired) electrons. The first-order chi connectivity index (χ1) is 17.7. The Morgan fingerprint density at radius 1 is 0.919 bits per heavy atom. The van der Waals surface area contributed by atoms with Gasteiger partial charge < -0.3 is 15.4 Å². The molecule has 0 unspecified atom stereocenters. The van der Waals surface area contributed by atoms with Gasteiger partial charge in [0.15, 0.2) is 0 Å². The summed E-state index contributed by atoms with van der Waals surface area (Å²) in [7, 11) is 0. The topological polar surface area (TPSA) is 105 Å². The Hall–Kier alpha value is -4.43. The molecular weight excluding hydrogens is 494 g/mol. The Morgan fingerprint density at radius 2 is 1.65 bits per heavy atom. The van der Waals surface area contributed by atoms with Gasteiger partial charge in [-0.05, 0) is 68.8 Å². The number of halogens is 1. The predicted molar refractivity (Wildman–Crippen MR) is 142 cm³/mol. The number of rotatable bonds is 7. The maximum absolute atomic E-state index is 13.1. The largest absolute Gasteiger partial charge is 0.462 e. The molecule has 0 aromatic heterocycles. The smallest absolute Gasteiger partial charge is 0.338 e. The van der Waals surface area contributed by atoms with Crippen molar-refractivity contribution in [3.63, 3.8) is 0 Å². The van der Waals surface area contributed by atoms with Crippen molar-refractivity contribution < 1.29 is 23.9 Å². The second-order valence-corrected chi connectivity index (χ2v) is 8.76. The summed E-state index contributed by atoms with van der Waals surface area (Å²) < 4.78 is 5.00. The van der Waals surface area contributed by atoms with Gasteiger partial charge >= 0.3 is 5.97 Å². The van der Waals surface area contributed by atoms with E-state index in [2.05, 4.69) is 10.6 Å². The number of carbonyl (C=O) groups is 4. The first-order valence-corrected chi connectivity index (χ1v) is 11.9. The fraction of sp³-hybridized carbons (Fsp3) is 0.143. The van der Waals surface area contributed by atoms with Crippen molar-refractivity contribution in [2.45, 2.75) is 20.8 Å². The number of hydrogen-bond acceptors (Lipinski definition) is 6. The highest BCUT2D eigenvalue weighted by Gasteiger charge is 2.39. The van der Waals surface area contributed by atoms with Crippen LogP contribution in [0.2, 0.25) is 0 Å². The molecule has 1 aliphatic rings. The average molecular weight is 518 g/mol. The van der Waals surface area contributed by atoms with Crippen molar-refractivity contribution in [1.29, 1.82) is 0 Å². The number of nitrogens with zero attached hydrogens (tertiary/aromatic N) is 1. The third-order valence-corrected chi connectivity index (χ3v) is 6.06. The third kappa shape index (κ3) is 5.39. The minimum absolute atomic E-state index is 0.0740. The fourth-order valence-corrected chi connectivity index (χ4v) is 3.93. The summed E-state index contributed by atoms with van der Waals surface area (Å²) in [4.78, 5) is 51.8. The van der Waals surface area contributed by atoms with Crippen LogP contribution < -0.4 is 15.5 Å². The quantitative estimate of drug-likeness (QED) is 0.331. The molecule has 0 atom stereocenters. The van der Waals surface area contributed by atoms with E-state index in [1.165, 1.54) is 6.07 Å². The number of hydrogen-bond donors (Lipinski definition) is 2. The molecule has 9 heteroatoms. The van der Waals surface area contributed by atoms with Crippen LogP contribution in [0.4, 0.5) is 17.1 Å². The molecule has 2 N–H and O–H groups in total. The molecule has 0 saturated heterocycles. The first kappa shape index (κ1) is 25.7. The first-order valence-electron chi connectivity index (χ1n) is 11.5.